The van der Waals surface area contributed by atoms with E-state index in [1.165, 1.54) is 6.07 Å². The van der Waals surface area contributed by atoms with E-state index in [4.69, 9.17) is 11.6 Å². The highest BCUT2D eigenvalue weighted by Crippen LogP contribution is 2.36. The Hall–Kier alpha value is -2.34. The van der Waals surface area contributed by atoms with Gasteiger partial charge in [-0.05, 0) is 24.3 Å². The number of rotatable bonds is 1. The quantitative estimate of drug-likeness (QED) is 0.727. The van der Waals surface area contributed by atoms with Gasteiger partial charge in [0.05, 0.1) is 21.5 Å². The molecule has 0 saturated carbocycles. The van der Waals surface area contributed by atoms with Crippen molar-refractivity contribution in [2.45, 2.75) is 6.18 Å². The summed E-state index contributed by atoms with van der Waals surface area (Å²) < 4.78 is 38.1. The van der Waals surface area contributed by atoms with Crippen LogP contribution >= 0.6 is 11.6 Å². The summed E-state index contributed by atoms with van der Waals surface area (Å²) in [6, 6.07) is 9.92. The van der Waals surface area contributed by atoms with Crippen molar-refractivity contribution in [1.82, 2.24) is 9.97 Å². The third kappa shape index (κ3) is 2.57. The second-order valence-corrected chi connectivity index (χ2v) is 5.03. The van der Waals surface area contributed by atoms with Crippen molar-refractivity contribution in [1.29, 1.82) is 0 Å². The summed E-state index contributed by atoms with van der Waals surface area (Å²) in [5.74, 6) is 0.166. The number of hydrogen-bond donors (Lipinski definition) is 1. The Balaban J connectivity index is 2.16. The molecule has 1 aromatic heterocycles. The first-order chi connectivity index (χ1) is 10.4. The smallest absolute Gasteiger partial charge is 0.306 e. The number of H-pyrrole nitrogens is 1. The molecule has 0 unspecified atom stereocenters. The van der Waals surface area contributed by atoms with Crippen LogP contribution in [0.5, 0.6) is 0 Å². The van der Waals surface area contributed by atoms with Gasteiger partial charge < -0.3 is 4.98 Å². The fourth-order valence-corrected chi connectivity index (χ4v) is 2.40. The van der Waals surface area contributed by atoms with E-state index >= 15 is 0 Å². The number of para-hydroxylation sites is 1. The molecule has 1 heterocycles. The molecule has 3 nitrogen and oxygen atoms in total. The predicted octanol–water partition coefficient (Wildman–Crippen LogP) is 4.26. The van der Waals surface area contributed by atoms with Crippen molar-refractivity contribution in [3.05, 3.63) is 63.4 Å². The zero-order valence-electron chi connectivity index (χ0n) is 10.9. The summed E-state index contributed by atoms with van der Waals surface area (Å²) in [5.41, 5.74) is -0.532. The highest BCUT2D eigenvalue weighted by Gasteiger charge is 2.33. The number of nitrogens with zero attached hydrogens (tertiary/aromatic N) is 1. The molecule has 1 N–H and O–H groups in total. The molecule has 0 saturated heterocycles. The number of hydrogen-bond acceptors (Lipinski definition) is 2. The molecule has 3 rings (SSSR count). The van der Waals surface area contributed by atoms with Crippen LogP contribution in [0.15, 0.2) is 47.3 Å². The van der Waals surface area contributed by atoms with Crippen molar-refractivity contribution in [3.8, 4) is 11.4 Å². The molecule has 0 fully saturated rings. The Morgan fingerprint density at radius 3 is 2.50 bits per heavy atom. The van der Waals surface area contributed by atoms with E-state index in [0.29, 0.717) is 16.5 Å². The summed E-state index contributed by atoms with van der Waals surface area (Å²) in [6.07, 6.45) is -4.53. The summed E-state index contributed by atoms with van der Waals surface area (Å²) in [5, 5.41) is -0.0370. The van der Waals surface area contributed by atoms with E-state index in [-0.39, 0.29) is 11.4 Å². The van der Waals surface area contributed by atoms with Crippen LogP contribution in [-0.2, 0) is 6.18 Å². The molecule has 0 bridgehead atoms. The van der Waals surface area contributed by atoms with Crippen LogP contribution in [0.2, 0.25) is 5.02 Å². The first-order valence-electron chi connectivity index (χ1n) is 6.22. The first-order valence-corrected chi connectivity index (χ1v) is 6.60. The second-order valence-electron chi connectivity index (χ2n) is 4.62. The van der Waals surface area contributed by atoms with Gasteiger partial charge in [-0.25, -0.2) is 4.98 Å². The van der Waals surface area contributed by atoms with Gasteiger partial charge in [-0.3, -0.25) is 4.79 Å². The van der Waals surface area contributed by atoms with Gasteiger partial charge in [0, 0.05) is 5.56 Å². The molecule has 0 aliphatic carbocycles. The molecule has 2 aromatic carbocycles. The van der Waals surface area contributed by atoms with Gasteiger partial charge >= 0.3 is 6.18 Å². The summed E-state index contributed by atoms with van der Waals surface area (Å²) in [4.78, 5) is 18.8. The third-order valence-corrected chi connectivity index (χ3v) is 3.47. The third-order valence-electron chi connectivity index (χ3n) is 3.16. The molecular formula is C15H8ClF3N2O. The van der Waals surface area contributed by atoms with Crippen molar-refractivity contribution in [3.63, 3.8) is 0 Å². The van der Waals surface area contributed by atoms with Gasteiger partial charge in [0.25, 0.3) is 5.56 Å². The number of aromatic amines is 1. The lowest BCUT2D eigenvalue weighted by atomic mass is 10.1. The molecule has 0 radical (unpaired) electrons. The fraction of sp³-hybridized carbons (Fsp3) is 0.0667. The maximum atomic E-state index is 12.7. The Bertz CT molecular complexity index is 919. The average Bonchev–Trinajstić information content (AvgIpc) is 2.46. The molecule has 3 aromatic rings. The molecule has 0 aliphatic heterocycles. The van der Waals surface area contributed by atoms with Crippen LogP contribution < -0.4 is 5.56 Å². The van der Waals surface area contributed by atoms with Crippen LogP contribution in [-0.4, -0.2) is 9.97 Å². The van der Waals surface area contributed by atoms with E-state index in [2.05, 4.69) is 9.97 Å². The average molecular weight is 325 g/mol. The monoisotopic (exact) mass is 324 g/mol. The van der Waals surface area contributed by atoms with Crippen LogP contribution in [0.4, 0.5) is 13.2 Å². The largest absolute Gasteiger partial charge is 0.417 e. The molecule has 112 valence electrons. The first kappa shape index (κ1) is 14.6. The summed E-state index contributed by atoms with van der Waals surface area (Å²) in [7, 11) is 0. The minimum Gasteiger partial charge on any atom is -0.306 e. The fourth-order valence-electron chi connectivity index (χ4n) is 2.12. The van der Waals surface area contributed by atoms with Gasteiger partial charge in [-0.1, -0.05) is 29.8 Å². The van der Waals surface area contributed by atoms with Gasteiger partial charge in [0.2, 0.25) is 0 Å². The Labute approximate surface area is 127 Å². The van der Waals surface area contributed by atoms with Crippen LogP contribution in [0.1, 0.15) is 5.56 Å². The molecular weight excluding hydrogens is 317 g/mol. The maximum Gasteiger partial charge on any atom is 0.417 e. The lowest BCUT2D eigenvalue weighted by molar-refractivity contribution is -0.137. The second kappa shape index (κ2) is 5.14. The highest BCUT2D eigenvalue weighted by atomic mass is 35.5. The van der Waals surface area contributed by atoms with E-state index in [1.54, 1.807) is 24.3 Å². The molecule has 0 spiro atoms. The Morgan fingerprint density at radius 2 is 1.82 bits per heavy atom. The van der Waals surface area contributed by atoms with Crippen LogP contribution in [0.25, 0.3) is 22.3 Å². The normalized spacial score (nSPS) is 11.8. The number of aromatic nitrogens is 2. The zero-order chi connectivity index (χ0) is 15.9. The van der Waals surface area contributed by atoms with Crippen molar-refractivity contribution in [2.75, 3.05) is 0 Å². The number of alkyl halides is 3. The van der Waals surface area contributed by atoms with Gasteiger partial charge in [-0.15, -0.1) is 0 Å². The Morgan fingerprint density at radius 1 is 1.09 bits per heavy atom. The van der Waals surface area contributed by atoms with E-state index in [9.17, 15) is 18.0 Å². The number of benzene rings is 2. The van der Waals surface area contributed by atoms with E-state index in [1.807, 2.05) is 0 Å². The van der Waals surface area contributed by atoms with E-state index < -0.39 is 16.8 Å². The zero-order valence-corrected chi connectivity index (χ0v) is 11.7. The molecule has 0 aliphatic rings. The SMILES string of the molecule is O=c1[nH]c(-c2ccc(C(F)(F)F)c(Cl)c2)nc2ccccc12. The molecule has 22 heavy (non-hydrogen) atoms. The Kier molecular flexibility index (Phi) is 3.41. The maximum absolute atomic E-state index is 12.7. The van der Waals surface area contributed by atoms with Gasteiger partial charge in [0.15, 0.2) is 0 Å². The number of nitrogens with one attached hydrogen (secondary N) is 1. The minimum absolute atomic E-state index is 0.166. The topological polar surface area (TPSA) is 45.8 Å². The number of halogens is 4. The molecule has 0 atom stereocenters. The molecule has 0 amide bonds. The van der Waals surface area contributed by atoms with Crippen molar-refractivity contribution >= 4 is 22.5 Å². The van der Waals surface area contributed by atoms with Crippen molar-refractivity contribution < 1.29 is 13.2 Å². The standard InChI is InChI=1S/C15H8ClF3N2O/c16-11-7-8(5-6-10(11)15(17,18)19)13-20-12-4-2-1-3-9(12)14(22)21-13/h1-7H,(H,20,21,22). The van der Waals surface area contributed by atoms with Crippen LogP contribution in [0.3, 0.4) is 0 Å². The van der Waals surface area contributed by atoms with E-state index in [0.717, 1.165) is 12.1 Å². The lowest BCUT2D eigenvalue weighted by Crippen LogP contribution is -2.10. The number of fused-ring (bicyclic) bond motifs is 1. The predicted molar refractivity (Wildman–Crippen MR) is 77.8 cm³/mol. The lowest BCUT2D eigenvalue weighted by Gasteiger charge is -2.10. The van der Waals surface area contributed by atoms with Crippen molar-refractivity contribution in [2.24, 2.45) is 0 Å². The summed E-state index contributed by atoms with van der Waals surface area (Å²) in [6.45, 7) is 0. The van der Waals surface area contributed by atoms with Gasteiger partial charge in [-0.2, -0.15) is 13.2 Å². The summed E-state index contributed by atoms with van der Waals surface area (Å²) >= 11 is 5.68. The minimum atomic E-state index is -4.53. The molecule has 7 heteroatoms. The van der Waals surface area contributed by atoms with Crippen LogP contribution in [0, 0.1) is 0 Å². The van der Waals surface area contributed by atoms with Gasteiger partial charge in [0.1, 0.15) is 5.82 Å². The highest BCUT2D eigenvalue weighted by molar-refractivity contribution is 6.31.